The van der Waals surface area contributed by atoms with Gasteiger partial charge in [0.1, 0.15) is 0 Å². The van der Waals surface area contributed by atoms with Crippen molar-refractivity contribution in [3.8, 4) is 0 Å². The molecule has 0 saturated heterocycles. The molecule has 0 aromatic heterocycles. The van der Waals surface area contributed by atoms with Crippen LogP contribution in [0.5, 0.6) is 0 Å². The van der Waals surface area contributed by atoms with Gasteiger partial charge in [-0.05, 0) is 55.4 Å². The summed E-state index contributed by atoms with van der Waals surface area (Å²) in [4.78, 5) is 1.46. The molecule has 2 aliphatic carbocycles. The van der Waals surface area contributed by atoms with Gasteiger partial charge in [0.05, 0.1) is 0 Å². The molecule has 0 aliphatic heterocycles. The van der Waals surface area contributed by atoms with Gasteiger partial charge in [-0.1, -0.05) is 32.3 Å². The van der Waals surface area contributed by atoms with E-state index in [1.165, 1.54) is 56.3 Å². The van der Waals surface area contributed by atoms with Gasteiger partial charge in [0, 0.05) is 22.7 Å². The molecule has 2 aliphatic rings. The van der Waals surface area contributed by atoms with Gasteiger partial charge in [0.15, 0.2) is 0 Å². The zero-order chi connectivity index (χ0) is 13.8. The summed E-state index contributed by atoms with van der Waals surface area (Å²) in [5, 5.41) is 4.44. The molecule has 0 spiro atoms. The topological polar surface area (TPSA) is 12.0 Å². The van der Waals surface area contributed by atoms with E-state index in [0.717, 1.165) is 12.6 Å². The number of fused-ring (bicyclic) bond motifs is 1. The van der Waals surface area contributed by atoms with E-state index in [9.17, 15) is 0 Å². The Bertz CT molecular complexity index is 437. The standard InChI is InChI=1S/C18H27NS/c1-14(13-19-17-8-3-2-4-9-17)20-18-11-10-15-6-5-7-16(15)12-18/h10-12,14,17,19H,2-9,13H2,1H3. The van der Waals surface area contributed by atoms with Crippen LogP contribution in [0, 0.1) is 0 Å². The van der Waals surface area contributed by atoms with Gasteiger partial charge in [-0.2, -0.15) is 0 Å². The van der Waals surface area contributed by atoms with Gasteiger partial charge in [0.2, 0.25) is 0 Å². The maximum atomic E-state index is 3.77. The van der Waals surface area contributed by atoms with E-state index in [4.69, 9.17) is 0 Å². The highest BCUT2D eigenvalue weighted by Gasteiger charge is 2.15. The molecule has 20 heavy (non-hydrogen) atoms. The molecule has 110 valence electrons. The van der Waals surface area contributed by atoms with Crippen molar-refractivity contribution in [1.29, 1.82) is 0 Å². The average Bonchev–Trinajstić information content (AvgIpc) is 2.94. The lowest BCUT2D eigenvalue weighted by Gasteiger charge is -2.24. The maximum Gasteiger partial charge on any atom is 0.0191 e. The van der Waals surface area contributed by atoms with Crippen molar-refractivity contribution < 1.29 is 0 Å². The van der Waals surface area contributed by atoms with Crippen LogP contribution < -0.4 is 5.32 Å². The van der Waals surface area contributed by atoms with Crippen LogP contribution in [0.25, 0.3) is 0 Å². The second-order valence-corrected chi connectivity index (χ2v) is 7.97. The van der Waals surface area contributed by atoms with E-state index in [2.05, 4.69) is 30.4 Å². The Morgan fingerprint density at radius 3 is 2.75 bits per heavy atom. The van der Waals surface area contributed by atoms with Crippen molar-refractivity contribution in [2.75, 3.05) is 6.54 Å². The minimum atomic E-state index is 0.663. The van der Waals surface area contributed by atoms with Crippen LogP contribution in [0.1, 0.15) is 56.6 Å². The number of aryl methyl sites for hydroxylation is 2. The highest BCUT2D eigenvalue weighted by Crippen LogP contribution is 2.29. The first kappa shape index (κ1) is 14.5. The third-order valence-electron chi connectivity index (χ3n) is 4.71. The van der Waals surface area contributed by atoms with Crippen LogP contribution >= 0.6 is 11.8 Å². The van der Waals surface area contributed by atoms with Crippen LogP contribution in [0.15, 0.2) is 23.1 Å². The van der Waals surface area contributed by atoms with E-state index >= 15 is 0 Å². The monoisotopic (exact) mass is 289 g/mol. The summed E-state index contributed by atoms with van der Waals surface area (Å²) >= 11 is 2.04. The largest absolute Gasteiger partial charge is 0.313 e. The minimum Gasteiger partial charge on any atom is -0.313 e. The summed E-state index contributed by atoms with van der Waals surface area (Å²) in [6.07, 6.45) is 11.0. The van der Waals surface area contributed by atoms with Crippen LogP contribution in [0.3, 0.4) is 0 Å². The molecule has 2 heteroatoms. The zero-order valence-electron chi connectivity index (χ0n) is 12.7. The summed E-state index contributed by atoms with van der Waals surface area (Å²) in [6, 6.07) is 7.90. The molecule has 1 N–H and O–H groups in total. The van der Waals surface area contributed by atoms with Crippen molar-refractivity contribution in [2.45, 2.75) is 74.5 Å². The molecule has 1 aromatic rings. The number of hydrogen-bond donors (Lipinski definition) is 1. The third-order valence-corrected chi connectivity index (χ3v) is 5.80. The number of hydrogen-bond acceptors (Lipinski definition) is 2. The molecule has 3 rings (SSSR count). The fraction of sp³-hybridized carbons (Fsp3) is 0.667. The molecule has 1 fully saturated rings. The lowest BCUT2D eigenvalue weighted by molar-refractivity contribution is 0.375. The van der Waals surface area contributed by atoms with E-state index in [1.807, 2.05) is 11.8 Å². The number of thioether (sulfide) groups is 1. The Labute approximate surface area is 127 Å². The molecule has 1 aromatic carbocycles. The second kappa shape index (κ2) is 7.00. The summed E-state index contributed by atoms with van der Waals surface area (Å²) in [6.45, 7) is 3.50. The summed E-state index contributed by atoms with van der Waals surface area (Å²) in [7, 11) is 0. The highest BCUT2D eigenvalue weighted by atomic mass is 32.2. The SMILES string of the molecule is CC(CNC1CCCCC1)Sc1ccc2c(c1)CCC2. The first-order valence-electron chi connectivity index (χ1n) is 8.33. The first-order valence-corrected chi connectivity index (χ1v) is 9.21. The maximum absolute atomic E-state index is 3.77. The third kappa shape index (κ3) is 3.79. The Kier molecular flexibility index (Phi) is 5.06. The van der Waals surface area contributed by atoms with Gasteiger partial charge < -0.3 is 5.32 Å². The summed E-state index contributed by atoms with van der Waals surface area (Å²) < 4.78 is 0. The smallest absolute Gasteiger partial charge is 0.0191 e. The summed E-state index contributed by atoms with van der Waals surface area (Å²) in [5.74, 6) is 0. The molecule has 1 saturated carbocycles. The van der Waals surface area contributed by atoms with E-state index < -0.39 is 0 Å². The van der Waals surface area contributed by atoms with Gasteiger partial charge >= 0.3 is 0 Å². The molecule has 0 bridgehead atoms. The van der Waals surface area contributed by atoms with E-state index in [1.54, 1.807) is 11.1 Å². The van der Waals surface area contributed by atoms with Crippen molar-refractivity contribution in [1.82, 2.24) is 5.32 Å². The summed E-state index contributed by atoms with van der Waals surface area (Å²) in [5.41, 5.74) is 3.18. The van der Waals surface area contributed by atoms with Gasteiger partial charge in [-0.25, -0.2) is 0 Å². The predicted octanol–water partition coefficient (Wildman–Crippen LogP) is 4.58. The van der Waals surface area contributed by atoms with Crippen LogP contribution in [0.2, 0.25) is 0 Å². The molecule has 1 unspecified atom stereocenters. The number of rotatable bonds is 5. The van der Waals surface area contributed by atoms with Crippen molar-refractivity contribution >= 4 is 11.8 Å². The predicted molar refractivity (Wildman–Crippen MR) is 88.7 cm³/mol. The Morgan fingerprint density at radius 2 is 1.90 bits per heavy atom. The molecular formula is C18H27NS. The van der Waals surface area contributed by atoms with Crippen LogP contribution in [-0.2, 0) is 12.8 Å². The van der Waals surface area contributed by atoms with Gasteiger partial charge in [0.25, 0.3) is 0 Å². The quantitative estimate of drug-likeness (QED) is 0.796. The minimum absolute atomic E-state index is 0.663. The molecule has 0 radical (unpaired) electrons. The lowest BCUT2D eigenvalue weighted by atomic mass is 9.95. The number of nitrogens with one attached hydrogen (secondary N) is 1. The second-order valence-electron chi connectivity index (χ2n) is 6.46. The Morgan fingerprint density at radius 1 is 1.10 bits per heavy atom. The van der Waals surface area contributed by atoms with Gasteiger partial charge in [-0.3, -0.25) is 0 Å². The number of benzene rings is 1. The molecule has 1 atom stereocenters. The highest BCUT2D eigenvalue weighted by molar-refractivity contribution is 8.00. The van der Waals surface area contributed by atoms with E-state index in [0.29, 0.717) is 5.25 Å². The van der Waals surface area contributed by atoms with E-state index in [-0.39, 0.29) is 0 Å². The molecule has 0 amide bonds. The van der Waals surface area contributed by atoms with Crippen LogP contribution in [0.4, 0.5) is 0 Å². The molecule has 1 nitrogen and oxygen atoms in total. The fourth-order valence-electron chi connectivity index (χ4n) is 3.53. The van der Waals surface area contributed by atoms with Crippen molar-refractivity contribution in [3.63, 3.8) is 0 Å². The normalized spacial score (nSPS) is 20.9. The Balaban J connectivity index is 1.47. The Hall–Kier alpha value is -0.470. The lowest BCUT2D eigenvalue weighted by Crippen LogP contribution is -2.35. The van der Waals surface area contributed by atoms with Gasteiger partial charge in [-0.15, -0.1) is 11.8 Å². The first-order chi connectivity index (χ1) is 9.81. The van der Waals surface area contributed by atoms with Crippen molar-refractivity contribution in [3.05, 3.63) is 29.3 Å². The molecular weight excluding hydrogens is 262 g/mol. The fourth-order valence-corrected chi connectivity index (χ4v) is 4.54. The molecule has 0 heterocycles. The zero-order valence-corrected chi connectivity index (χ0v) is 13.5. The van der Waals surface area contributed by atoms with Crippen LogP contribution in [-0.4, -0.2) is 17.8 Å². The van der Waals surface area contributed by atoms with Crippen molar-refractivity contribution in [2.24, 2.45) is 0 Å². The average molecular weight is 289 g/mol.